The number of methoxy groups -OCH3 is 2. The molecule has 1 saturated heterocycles. The first-order valence-electron chi connectivity index (χ1n) is 8.45. The van der Waals surface area contributed by atoms with Gasteiger partial charge in [-0.2, -0.15) is 0 Å². The smallest absolute Gasteiger partial charge is 0.253 e. The highest BCUT2D eigenvalue weighted by Gasteiger charge is 2.39. The van der Waals surface area contributed by atoms with Gasteiger partial charge in [0.25, 0.3) is 5.91 Å². The Morgan fingerprint density at radius 3 is 2.38 bits per heavy atom. The van der Waals surface area contributed by atoms with Crippen LogP contribution in [0.3, 0.4) is 0 Å². The molecule has 1 aliphatic rings. The Morgan fingerprint density at radius 2 is 1.81 bits per heavy atom. The highest BCUT2D eigenvalue weighted by molar-refractivity contribution is 5.97. The number of halogens is 1. The van der Waals surface area contributed by atoms with Crippen LogP contribution in [0.1, 0.15) is 19.8 Å². The standard InChI is InChI=1S/C18H27N3O4.ClH/c1-13(25-3)16(22)20-14-5-4-6-15(11-14)21-17(23)18(12-24-2)7-9-19-10-8-18;/h4-6,11,13,19H,7-10,12H2,1-3H3,(H,20,22)(H,21,23);1H. The molecule has 1 aliphatic heterocycles. The Balaban J connectivity index is 0.00000338. The zero-order valence-corrected chi connectivity index (χ0v) is 16.3. The van der Waals surface area contributed by atoms with E-state index in [-0.39, 0.29) is 24.2 Å². The maximum atomic E-state index is 12.8. The average molecular weight is 386 g/mol. The van der Waals surface area contributed by atoms with Crippen molar-refractivity contribution in [3.8, 4) is 0 Å². The van der Waals surface area contributed by atoms with Crippen molar-refractivity contribution in [2.75, 3.05) is 44.5 Å². The van der Waals surface area contributed by atoms with E-state index in [0.29, 0.717) is 18.0 Å². The van der Waals surface area contributed by atoms with Gasteiger partial charge in [0.1, 0.15) is 6.10 Å². The molecule has 146 valence electrons. The molecule has 0 spiro atoms. The number of rotatable bonds is 7. The largest absolute Gasteiger partial charge is 0.384 e. The monoisotopic (exact) mass is 385 g/mol. The molecule has 0 radical (unpaired) electrons. The summed E-state index contributed by atoms with van der Waals surface area (Å²) in [5.74, 6) is -0.287. The van der Waals surface area contributed by atoms with E-state index in [1.807, 2.05) is 0 Å². The molecule has 1 aromatic carbocycles. The molecule has 0 aliphatic carbocycles. The third kappa shape index (κ3) is 5.67. The fraction of sp³-hybridized carbons (Fsp3) is 0.556. The molecule has 1 atom stereocenters. The van der Waals surface area contributed by atoms with Gasteiger partial charge in [0.05, 0.1) is 12.0 Å². The number of carbonyl (C=O) groups is 2. The van der Waals surface area contributed by atoms with Crippen molar-refractivity contribution >= 4 is 35.6 Å². The van der Waals surface area contributed by atoms with Crippen LogP contribution >= 0.6 is 12.4 Å². The quantitative estimate of drug-likeness (QED) is 0.668. The van der Waals surface area contributed by atoms with Gasteiger partial charge >= 0.3 is 0 Å². The highest BCUT2D eigenvalue weighted by atomic mass is 35.5. The minimum Gasteiger partial charge on any atom is -0.384 e. The molecule has 0 bridgehead atoms. The number of hydrogen-bond donors (Lipinski definition) is 3. The van der Waals surface area contributed by atoms with Crippen molar-refractivity contribution in [1.82, 2.24) is 5.32 Å². The van der Waals surface area contributed by atoms with Crippen LogP contribution in [0, 0.1) is 5.41 Å². The van der Waals surface area contributed by atoms with Crippen LogP contribution in [0.2, 0.25) is 0 Å². The molecule has 8 heteroatoms. The van der Waals surface area contributed by atoms with Gasteiger partial charge in [0.2, 0.25) is 5.91 Å². The predicted molar refractivity (Wildman–Crippen MR) is 104 cm³/mol. The Labute approximate surface area is 160 Å². The van der Waals surface area contributed by atoms with Gasteiger partial charge in [-0.3, -0.25) is 9.59 Å². The van der Waals surface area contributed by atoms with E-state index >= 15 is 0 Å². The number of hydrogen-bond acceptors (Lipinski definition) is 5. The fourth-order valence-corrected chi connectivity index (χ4v) is 2.91. The van der Waals surface area contributed by atoms with E-state index < -0.39 is 11.5 Å². The summed E-state index contributed by atoms with van der Waals surface area (Å²) < 4.78 is 10.3. The van der Waals surface area contributed by atoms with Gasteiger partial charge in [0, 0.05) is 25.6 Å². The lowest BCUT2D eigenvalue weighted by molar-refractivity contribution is -0.130. The van der Waals surface area contributed by atoms with Crippen LogP contribution in [0.25, 0.3) is 0 Å². The molecule has 26 heavy (non-hydrogen) atoms. The zero-order chi connectivity index (χ0) is 18.3. The second kappa shape index (κ2) is 10.5. The minimum absolute atomic E-state index is 0. The van der Waals surface area contributed by atoms with Crippen molar-refractivity contribution in [3.05, 3.63) is 24.3 Å². The summed E-state index contributed by atoms with van der Waals surface area (Å²) in [7, 11) is 3.10. The van der Waals surface area contributed by atoms with Gasteiger partial charge in [-0.15, -0.1) is 12.4 Å². The summed E-state index contributed by atoms with van der Waals surface area (Å²) in [4.78, 5) is 24.8. The van der Waals surface area contributed by atoms with Crippen LogP contribution in [-0.4, -0.2) is 51.8 Å². The van der Waals surface area contributed by atoms with E-state index in [1.54, 1.807) is 38.3 Å². The van der Waals surface area contributed by atoms with Crippen LogP contribution < -0.4 is 16.0 Å². The van der Waals surface area contributed by atoms with Crippen molar-refractivity contribution in [2.24, 2.45) is 5.41 Å². The molecule has 7 nitrogen and oxygen atoms in total. The van der Waals surface area contributed by atoms with Crippen LogP contribution in [0.5, 0.6) is 0 Å². The summed E-state index contributed by atoms with van der Waals surface area (Å²) >= 11 is 0. The lowest BCUT2D eigenvalue weighted by atomic mass is 9.78. The van der Waals surface area contributed by atoms with Crippen molar-refractivity contribution in [2.45, 2.75) is 25.9 Å². The summed E-state index contributed by atoms with van der Waals surface area (Å²) in [6.45, 7) is 3.65. The normalized spacial score (nSPS) is 16.9. The Morgan fingerprint density at radius 1 is 1.19 bits per heavy atom. The Kier molecular flexibility index (Phi) is 9.01. The second-order valence-electron chi connectivity index (χ2n) is 6.37. The van der Waals surface area contributed by atoms with Gasteiger partial charge in [-0.25, -0.2) is 0 Å². The molecule has 0 saturated carbocycles. The average Bonchev–Trinajstić information content (AvgIpc) is 2.62. The van der Waals surface area contributed by atoms with Crippen molar-refractivity contribution < 1.29 is 19.1 Å². The van der Waals surface area contributed by atoms with Gasteiger partial charge in [0.15, 0.2) is 0 Å². The van der Waals surface area contributed by atoms with Crippen LogP contribution in [0.15, 0.2) is 24.3 Å². The molecule has 3 N–H and O–H groups in total. The summed E-state index contributed by atoms with van der Waals surface area (Å²) in [5.41, 5.74) is 0.726. The van der Waals surface area contributed by atoms with E-state index in [4.69, 9.17) is 9.47 Å². The number of ether oxygens (including phenoxy) is 2. The molecule has 1 unspecified atom stereocenters. The molecule has 2 rings (SSSR count). The maximum absolute atomic E-state index is 12.8. The molecule has 2 amide bonds. The van der Waals surface area contributed by atoms with Crippen molar-refractivity contribution in [1.29, 1.82) is 0 Å². The van der Waals surface area contributed by atoms with Crippen LogP contribution in [-0.2, 0) is 19.1 Å². The summed E-state index contributed by atoms with van der Waals surface area (Å²) in [6, 6.07) is 7.09. The number of carbonyl (C=O) groups excluding carboxylic acids is 2. The minimum atomic E-state index is -0.544. The Hall–Kier alpha value is -1.67. The Bertz CT molecular complexity index is 600. The summed E-state index contributed by atoms with van der Waals surface area (Å²) in [5, 5.41) is 9.00. The molecule has 0 aromatic heterocycles. The van der Waals surface area contributed by atoms with E-state index in [1.165, 1.54) is 7.11 Å². The van der Waals surface area contributed by atoms with Gasteiger partial charge in [-0.05, 0) is 51.1 Å². The van der Waals surface area contributed by atoms with Gasteiger partial charge in [-0.1, -0.05) is 6.07 Å². The second-order valence-corrected chi connectivity index (χ2v) is 6.37. The van der Waals surface area contributed by atoms with Gasteiger partial charge < -0.3 is 25.4 Å². The topological polar surface area (TPSA) is 88.7 Å². The first-order valence-corrected chi connectivity index (χ1v) is 8.45. The molecular weight excluding hydrogens is 358 g/mol. The fourth-order valence-electron chi connectivity index (χ4n) is 2.91. The third-order valence-corrected chi connectivity index (χ3v) is 4.57. The first kappa shape index (κ1) is 22.4. The number of benzene rings is 1. The molecule has 1 heterocycles. The van der Waals surface area contributed by atoms with Crippen LogP contribution in [0.4, 0.5) is 11.4 Å². The molecule has 1 aromatic rings. The van der Waals surface area contributed by atoms with E-state index in [2.05, 4.69) is 16.0 Å². The number of anilines is 2. The number of nitrogens with one attached hydrogen (secondary N) is 3. The first-order chi connectivity index (χ1) is 12.0. The lowest BCUT2D eigenvalue weighted by Gasteiger charge is -2.35. The lowest BCUT2D eigenvalue weighted by Crippen LogP contribution is -2.47. The van der Waals surface area contributed by atoms with E-state index in [9.17, 15) is 9.59 Å². The number of amides is 2. The van der Waals surface area contributed by atoms with E-state index in [0.717, 1.165) is 25.9 Å². The van der Waals surface area contributed by atoms with Crippen molar-refractivity contribution in [3.63, 3.8) is 0 Å². The molecular formula is C18H28ClN3O4. The highest BCUT2D eigenvalue weighted by Crippen LogP contribution is 2.31. The SMILES string of the molecule is COCC1(C(=O)Nc2cccc(NC(=O)C(C)OC)c2)CCNCC1.Cl. The third-order valence-electron chi connectivity index (χ3n) is 4.57. The number of piperidine rings is 1. The molecule has 1 fully saturated rings. The maximum Gasteiger partial charge on any atom is 0.253 e. The zero-order valence-electron chi connectivity index (χ0n) is 15.5. The predicted octanol–water partition coefficient (Wildman–Crippen LogP) is 2.04. The summed E-state index contributed by atoms with van der Waals surface area (Å²) in [6.07, 6.45) is 0.918.